The number of carbonyl (C=O) groups is 1. The van der Waals surface area contributed by atoms with E-state index < -0.39 is 11.5 Å². The Hall–Kier alpha value is -1.14. The average molecular weight is 261 g/mol. The summed E-state index contributed by atoms with van der Waals surface area (Å²) in [5.41, 5.74) is 3.74. The van der Waals surface area contributed by atoms with Crippen LogP contribution in [0.4, 0.5) is 0 Å². The van der Waals surface area contributed by atoms with Crippen molar-refractivity contribution >= 4 is 21.9 Å². The number of nitrogens with two attached hydrogens (primary N) is 1. The molecule has 1 atom stereocenters. The molecule has 0 spiro atoms. The second-order valence-electron chi connectivity index (χ2n) is 3.03. The van der Waals surface area contributed by atoms with Crippen molar-refractivity contribution in [1.29, 1.82) is 0 Å². The second-order valence-corrected chi connectivity index (χ2v) is 3.94. The molecule has 0 saturated heterocycles. The number of nitrogens with zero attached hydrogens (tertiary/aromatic N) is 1. The molecule has 76 valence electrons. The summed E-state index contributed by atoms with van der Waals surface area (Å²) in [6.07, 6.45) is 1.38. The molecular formula is C8H9BrN2O3. The average Bonchev–Trinajstić information content (AvgIpc) is 2.02. The van der Waals surface area contributed by atoms with Crippen LogP contribution in [-0.2, 0) is 10.3 Å². The molecule has 1 heterocycles. The predicted octanol–water partition coefficient (Wildman–Crippen LogP) is 0.808. The van der Waals surface area contributed by atoms with E-state index in [0.717, 1.165) is 0 Å². The van der Waals surface area contributed by atoms with Crippen molar-refractivity contribution in [2.45, 2.75) is 12.5 Å². The first-order chi connectivity index (χ1) is 6.35. The van der Waals surface area contributed by atoms with Gasteiger partial charge in [0.2, 0.25) is 0 Å². The van der Waals surface area contributed by atoms with Crippen molar-refractivity contribution < 1.29 is 15.0 Å². The van der Waals surface area contributed by atoms with Gasteiger partial charge in [-0.2, -0.15) is 0 Å². The monoisotopic (exact) mass is 260 g/mol. The molecule has 0 aromatic carbocycles. The molecule has 0 aliphatic rings. The predicted molar refractivity (Wildman–Crippen MR) is 52.8 cm³/mol. The number of carboxylic acids is 1. The quantitative estimate of drug-likeness (QED) is 0.731. The molecule has 0 radical (unpaired) electrons. The zero-order valence-electron chi connectivity index (χ0n) is 7.36. The van der Waals surface area contributed by atoms with Crippen LogP contribution in [0.25, 0.3) is 0 Å². The lowest BCUT2D eigenvalue weighted by Crippen LogP contribution is -2.42. The van der Waals surface area contributed by atoms with E-state index in [-0.39, 0.29) is 11.4 Å². The van der Waals surface area contributed by atoms with Gasteiger partial charge in [0.05, 0.1) is 0 Å². The number of hydrogen-bond donors (Lipinski definition) is 3. The first kappa shape index (κ1) is 10.9. The fourth-order valence-electron chi connectivity index (χ4n) is 0.930. The second kappa shape index (κ2) is 3.55. The van der Waals surface area contributed by atoms with Gasteiger partial charge in [-0.3, -0.25) is 4.98 Å². The van der Waals surface area contributed by atoms with Gasteiger partial charge in [-0.15, -0.1) is 0 Å². The van der Waals surface area contributed by atoms with E-state index in [2.05, 4.69) is 20.9 Å². The SMILES string of the molecule is C[C@@](N)(C(=O)O)c1ncc(Br)cc1O. The van der Waals surface area contributed by atoms with Crippen LogP contribution in [0.15, 0.2) is 16.7 Å². The maximum atomic E-state index is 10.8. The summed E-state index contributed by atoms with van der Waals surface area (Å²) in [6.45, 7) is 1.27. The molecule has 0 amide bonds. The molecule has 1 rings (SSSR count). The Morgan fingerprint density at radius 1 is 1.71 bits per heavy atom. The highest BCUT2D eigenvalue weighted by molar-refractivity contribution is 9.10. The standard InChI is InChI=1S/C8H9BrN2O3/c1-8(10,7(13)14)6-5(12)2-4(9)3-11-6/h2-3,12H,10H2,1H3,(H,13,14)/t8-/m0/s1. The molecule has 0 aliphatic heterocycles. The highest BCUT2D eigenvalue weighted by Crippen LogP contribution is 2.27. The minimum Gasteiger partial charge on any atom is -0.506 e. The Morgan fingerprint density at radius 3 is 2.71 bits per heavy atom. The summed E-state index contributed by atoms with van der Waals surface area (Å²) in [7, 11) is 0. The summed E-state index contributed by atoms with van der Waals surface area (Å²) >= 11 is 3.09. The van der Waals surface area contributed by atoms with Crippen LogP contribution in [-0.4, -0.2) is 21.2 Å². The summed E-state index contributed by atoms with van der Waals surface area (Å²) in [5.74, 6) is -1.49. The van der Waals surface area contributed by atoms with Gasteiger partial charge >= 0.3 is 5.97 Å². The molecule has 1 aromatic heterocycles. The Balaban J connectivity index is 3.26. The van der Waals surface area contributed by atoms with E-state index in [4.69, 9.17) is 10.8 Å². The van der Waals surface area contributed by atoms with Crippen LogP contribution in [0.3, 0.4) is 0 Å². The summed E-state index contributed by atoms with van der Waals surface area (Å²) < 4.78 is 0.555. The van der Waals surface area contributed by atoms with Gasteiger partial charge < -0.3 is 15.9 Å². The topological polar surface area (TPSA) is 96.4 Å². The Morgan fingerprint density at radius 2 is 2.29 bits per heavy atom. The zero-order chi connectivity index (χ0) is 10.9. The number of pyridine rings is 1. The molecule has 0 unspecified atom stereocenters. The fourth-order valence-corrected chi connectivity index (χ4v) is 1.25. The number of aromatic nitrogens is 1. The van der Waals surface area contributed by atoms with Crippen molar-refractivity contribution in [2.75, 3.05) is 0 Å². The molecular weight excluding hydrogens is 252 g/mol. The van der Waals surface area contributed by atoms with Gasteiger partial charge in [0.15, 0.2) is 5.54 Å². The number of carboxylic acid groups (broad SMARTS) is 1. The van der Waals surface area contributed by atoms with Gasteiger partial charge in [0, 0.05) is 10.7 Å². The first-order valence-electron chi connectivity index (χ1n) is 3.73. The molecule has 0 saturated carbocycles. The van der Waals surface area contributed by atoms with E-state index in [9.17, 15) is 9.90 Å². The number of hydrogen-bond acceptors (Lipinski definition) is 4. The molecule has 14 heavy (non-hydrogen) atoms. The van der Waals surface area contributed by atoms with Crippen molar-refractivity contribution in [2.24, 2.45) is 5.73 Å². The van der Waals surface area contributed by atoms with Gasteiger partial charge in [-0.1, -0.05) is 0 Å². The van der Waals surface area contributed by atoms with Crippen LogP contribution < -0.4 is 5.73 Å². The number of aromatic hydroxyl groups is 1. The molecule has 0 aliphatic carbocycles. The van der Waals surface area contributed by atoms with Crippen LogP contribution in [0.5, 0.6) is 5.75 Å². The largest absolute Gasteiger partial charge is 0.506 e. The van der Waals surface area contributed by atoms with Crippen molar-refractivity contribution in [3.05, 3.63) is 22.4 Å². The van der Waals surface area contributed by atoms with E-state index in [1.165, 1.54) is 19.2 Å². The molecule has 4 N–H and O–H groups in total. The normalized spacial score (nSPS) is 14.8. The van der Waals surface area contributed by atoms with E-state index in [0.29, 0.717) is 4.47 Å². The smallest absolute Gasteiger partial charge is 0.329 e. The van der Waals surface area contributed by atoms with Crippen molar-refractivity contribution in [3.8, 4) is 5.75 Å². The molecule has 5 nitrogen and oxygen atoms in total. The van der Waals surface area contributed by atoms with Crippen molar-refractivity contribution in [3.63, 3.8) is 0 Å². The summed E-state index contributed by atoms with van der Waals surface area (Å²) in [6, 6.07) is 1.34. The van der Waals surface area contributed by atoms with Crippen LogP contribution >= 0.6 is 15.9 Å². The number of rotatable bonds is 2. The molecule has 1 aromatic rings. The van der Waals surface area contributed by atoms with E-state index in [1.54, 1.807) is 0 Å². The minimum atomic E-state index is -1.69. The highest BCUT2D eigenvalue weighted by Gasteiger charge is 2.34. The van der Waals surface area contributed by atoms with Gasteiger partial charge in [-0.25, -0.2) is 4.79 Å². The Labute approximate surface area is 88.7 Å². The zero-order valence-corrected chi connectivity index (χ0v) is 8.95. The minimum absolute atomic E-state index is 0.0619. The third kappa shape index (κ3) is 1.85. The molecule has 0 bridgehead atoms. The summed E-state index contributed by atoms with van der Waals surface area (Å²) in [5, 5.41) is 18.2. The van der Waals surface area contributed by atoms with Gasteiger partial charge in [0.1, 0.15) is 11.4 Å². The third-order valence-electron chi connectivity index (χ3n) is 1.77. The Kier molecular flexibility index (Phi) is 2.77. The van der Waals surface area contributed by atoms with Crippen molar-refractivity contribution in [1.82, 2.24) is 4.98 Å². The third-order valence-corrected chi connectivity index (χ3v) is 2.20. The fraction of sp³-hybridized carbons (Fsp3) is 0.250. The molecule has 0 fully saturated rings. The van der Waals surface area contributed by atoms with Crippen LogP contribution in [0, 0.1) is 0 Å². The lowest BCUT2D eigenvalue weighted by molar-refractivity contribution is -0.143. The maximum absolute atomic E-state index is 10.8. The van der Waals surface area contributed by atoms with E-state index in [1.807, 2.05) is 0 Å². The van der Waals surface area contributed by atoms with Gasteiger partial charge in [-0.05, 0) is 28.9 Å². The van der Waals surface area contributed by atoms with Crippen LogP contribution in [0.1, 0.15) is 12.6 Å². The Bertz CT molecular complexity index is 379. The number of halogens is 1. The first-order valence-corrected chi connectivity index (χ1v) is 4.52. The lowest BCUT2D eigenvalue weighted by atomic mass is 9.98. The maximum Gasteiger partial charge on any atom is 0.329 e. The molecule has 6 heteroatoms. The summed E-state index contributed by atoms with van der Waals surface area (Å²) in [4.78, 5) is 14.5. The highest BCUT2D eigenvalue weighted by atomic mass is 79.9. The van der Waals surface area contributed by atoms with E-state index >= 15 is 0 Å². The van der Waals surface area contributed by atoms with Crippen LogP contribution in [0.2, 0.25) is 0 Å². The number of aliphatic carboxylic acids is 1. The van der Waals surface area contributed by atoms with Gasteiger partial charge in [0.25, 0.3) is 0 Å². The lowest BCUT2D eigenvalue weighted by Gasteiger charge is -2.19.